The highest BCUT2D eigenvalue weighted by Gasteiger charge is 2.39. The summed E-state index contributed by atoms with van der Waals surface area (Å²) in [5, 5.41) is 0. The van der Waals surface area contributed by atoms with Crippen LogP contribution in [-0.4, -0.2) is 0 Å². The van der Waals surface area contributed by atoms with Gasteiger partial charge in [-0.3, -0.25) is 0 Å². The average Bonchev–Trinajstić information content (AvgIpc) is 1.76. The minimum Gasteiger partial charge on any atom is -0.0188 e. The first kappa shape index (κ1) is 3.08. The Kier molecular flexibility index (Phi) is 0.317. The highest BCUT2D eigenvalue weighted by molar-refractivity contribution is 4.90. The summed E-state index contributed by atoms with van der Waals surface area (Å²) >= 11 is 0. The average molecular weight is 69.1 g/mol. The van der Waals surface area contributed by atoms with Gasteiger partial charge in [-0.15, -0.1) is 0 Å². The number of hydrogen-bond donors (Lipinski definition) is 0. The van der Waals surface area contributed by atoms with Crippen molar-refractivity contribution in [2.75, 3.05) is 0 Å². The molecule has 0 amide bonds. The first-order chi connectivity index (χ1) is 2.21. The normalized spacial score (nSPS) is 29.8. The third-order valence-corrected chi connectivity index (χ3v) is 1.10. The summed E-state index contributed by atoms with van der Waals surface area (Å²) in [4.78, 5) is 0. The molecule has 1 aliphatic rings. The van der Waals surface area contributed by atoms with Crippen molar-refractivity contribution in [2.24, 2.45) is 5.41 Å². The molecule has 0 saturated heterocycles. The predicted octanol–water partition coefficient (Wildman–Crippen LogP) is 1.62. The lowest BCUT2D eigenvalue weighted by molar-refractivity contribution is 0.742. The Labute approximate surface area is 33.2 Å². The molecule has 0 heteroatoms. The Balaban J connectivity index is 2.38. The van der Waals surface area contributed by atoms with E-state index in [1.807, 2.05) is 0 Å². The third kappa shape index (κ3) is 0.571. The molecular weight excluding hydrogens is 60.1 g/mol. The monoisotopic (exact) mass is 69.1 g/mol. The maximum Gasteiger partial charge on any atom is 0.103 e. The summed E-state index contributed by atoms with van der Waals surface area (Å²) in [5.74, 6) is 0. The van der Waals surface area contributed by atoms with Crippen molar-refractivity contribution in [2.45, 2.75) is 19.8 Å². The van der Waals surface area contributed by atoms with Gasteiger partial charge in [0.1, 0.15) is 5.41 Å². The van der Waals surface area contributed by atoms with Crippen LogP contribution in [0.25, 0.3) is 0 Å². The molecule has 0 aromatic carbocycles. The highest BCUT2D eigenvalue weighted by Crippen LogP contribution is 2.43. The van der Waals surface area contributed by atoms with Crippen molar-refractivity contribution in [1.29, 1.82) is 0 Å². The first-order valence-corrected chi connectivity index (χ1v) is 2.06. The van der Waals surface area contributed by atoms with Crippen LogP contribution in [0.15, 0.2) is 0 Å². The van der Waals surface area contributed by atoms with E-state index in [9.17, 15) is 0 Å². The maximum atomic E-state index is 3.88. The van der Waals surface area contributed by atoms with Gasteiger partial charge in [0.25, 0.3) is 0 Å². The smallest absolute Gasteiger partial charge is 0.0188 e. The van der Waals surface area contributed by atoms with Gasteiger partial charge in [0.15, 0.2) is 0 Å². The first-order valence-electron chi connectivity index (χ1n) is 2.06. The van der Waals surface area contributed by atoms with Crippen LogP contribution in [0, 0.1) is 12.3 Å². The largest absolute Gasteiger partial charge is 0.103 e. The van der Waals surface area contributed by atoms with Gasteiger partial charge in [-0.1, -0.05) is 0 Å². The van der Waals surface area contributed by atoms with E-state index in [1.54, 1.807) is 0 Å². The second-order valence-electron chi connectivity index (χ2n) is 2.31. The lowest BCUT2D eigenvalue weighted by Crippen LogP contribution is -1.76. The van der Waals surface area contributed by atoms with Crippen molar-refractivity contribution >= 4 is 0 Å². The Morgan fingerprint density at radius 1 is 1.60 bits per heavy atom. The summed E-state index contributed by atoms with van der Waals surface area (Å²) in [5.41, 5.74) is 0.500. The fraction of sp³-hybridized carbons (Fsp3) is 0.800. The summed E-state index contributed by atoms with van der Waals surface area (Å²) in [7, 11) is 0. The highest BCUT2D eigenvalue weighted by atomic mass is 14.4. The van der Waals surface area contributed by atoms with Crippen LogP contribution < -0.4 is 0 Å². The zero-order chi connectivity index (χ0) is 3.91. The summed E-state index contributed by atoms with van der Waals surface area (Å²) in [6, 6.07) is 0. The second kappa shape index (κ2) is 0.515. The van der Waals surface area contributed by atoms with E-state index in [1.165, 1.54) is 12.8 Å². The second-order valence-corrected chi connectivity index (χ2v) is 2.31. The Bertz CT molecular complexity index is 38.0. The Hall–Kier alpha value is -0.130. The SMILES string of the molecule is [CH2+]C1(C)CC1. The van der Waals surface area contributed by atoms with E-state index < -0.39 is 0 Å². The van der Waals surface area contributed by atoms with E-state index >= 15 is 0 Å². The van der Waals surface area contributed by atoms with Crippen LogP contribution in [0.4, 0.5) is 0 Å². The van der Waals surface area contributed by atoms with Crippen molar-refractivity contribution < 1.29 is 0 Å². The van der Waals surface area contributed by atoms with Crippen LogP contribution in [0.2, 0.25) is 0 Å². The zero-order valence-electron chi connectivity index (χ0n) is 3.62. The minimum absolute atomic E-state index is 0.500. The molecule has 1 saturated carbocycles. The van der Waals surface area contributed by atoms with E-state index in [2.05, 4.69) is 13.8 Å². The number of rotatable bonds is 0. The molecule has 0 unspecified atom stereocenters. The molecule has 0 aromatic rings. The molecule has 0 aromatic heterocycles. The molecule has 0 radical (unpaired) electrons. The molecule has 0 aliphatic heterocycles. The van der Waals surface area contributed by atoms with E-state index in [0.717, 1.165) is 0 Å². The maximum absolute atomic E-state index is 3.88. The van der Waals surface area contributed by atoms with Crippen LogP contribution in [0.5, 0.6) is 0 Å². The Morgan fingerprint density at radius 2 is 1.80 bits per heavy atom. The molecule has 1 rings (SSSR count). The predicted molar refractivity (Wildman–Crippen MR) is 22.7 cm³/mol. The fourth-order valence-corrected chi connectivity index (χ4v) is 0.213. The molecule has 1 fully saturated rings. The Morgan fingerprint density at radius 3 is 1.80 bits per heavy atom. The minimum atomic E-state index is 0.500. The molecule has 0 spiro atoms. The van der Waals surface area contributed by atoms with Gasteiger partial charge in [-0.05, 0) is 19.8 Å². The molecular formula is C5H9+. The fourth-order valence-electron chi connectivity index (χ4n) is 0.213. The molecule has 5 heavy (non-hydrogen) atoms. The molecule has 0 N–H and O–H groups in total. The van der Waals surface area contributed by atoms with Crippen molar-refractivity contribution in [3.8, 4) is 0 Å². The van der Waals surface area contributed by atoms with Gasteiger partial charge in [0.05, 0.1) is 6.92 Å². The standard InChI is InChI=1S/C5H9/c1-5(2)3-4-5/h1,3-4H2,2H3/q+1. The zero-order valence-corrected chi connectivity index (χ0v) is 3.62. The molecule has 28 valence electrons. The van der Waals surface area contributed by atoms with Crippen molar-refractivity contribution in [1.82, 2.24) is 0 Å². The van der Waals surface area contributed by atoms with Crippen molar-refractivity contribution in [3.05, 3.63) is 6.92 Å². The van der Waals surface area contributed by atoms with Gasteiger partial charge < -0.3 is 0 Å². The van der Waals surface area contributed by atoms with Gasteiger partial charge in [0, 0.05) is 0 Å². The molecule has 0 bridgehead atoms. The molecule has 0 atom stereocenters. The molecule has 1 aliphatic carbocycles. The van der Waals surface area contributed by atoms with E-state index in [4.69, 9.17) is 0 Å². The number of hydrogen-bond acceptors (Lipinski definition) is 0. The quantitative estimate of drug-likeness (QED) is 0.379. The summed E-state index contributed by atoms with van der Waals surface area (Å²) < 4.78 is 0. The molecule has 0 nitrogen and oxygen atoms in total. The lowest BCUT2D eigenvalue weighted by atomic mass is 10.2. The summed E-state index contributed by atoms with van der Waals surface area (Å²) in [6.07, 6.45) is 2.68. The topological polar surface area (TPSA) is 0 Å². The third-order valence-electron chi connectivity index (χ3n) is 1.10. The van der Waals surface area contributed by atoms with Gasteiger partial charge in [0.2, 0.25) is 0 Å². The van der Waals surface area contributed by atoms with E-state index in [-0.39, 0.29) is 0 Å². The van der Waals surface area contributed by atoms with Crippen molar-refractivity contribution in [3.63, 3.8) is 0 Å². The van der Waals surface area contributed by atoms with Gasteiger partial charge >= 0.3 is 0 Å². The van der Waals surface area contributed by atoms with Crippen LogP contribution >= 0.6 is 0 Å². The van der Waals surface area contributed by atoms with E-state index in [0.29, 0.717) is 5.41 Å². The van der Waals surface area contributed by atoms with Crippen LogP contribution in [-0.2, 0) is 0 Å². The van der Waals surface area contributed by atoms with Crippen LogP contribution in [0.1, 0.15) is 19.8 Å². The molecule has 0 heterocycles. The van der Waals surface area contributed by atoms with Gasteiger partial charge in [-0.2, -0.15) is 0 Å². The summed E-state index contributed by atoms with van der Waals surface area (Å²) in [6.45, 7) is 6.07. The van der Waals surface area contributed by atoms with Gasteiger partial charge in [-0.25, -0.2) is 0 Å². The van der Waals surface area contributed by atoms with Crippen LogP contribution in [0.3, 0.4) is 0 Å². The lowest BCUT2D eigenvalue weighted by Gasteiger charge is -1.75.